The lowest BCUT2D eigenvalue weighted by Gasteiger charge is -2.11. The Bertz CT molecular complexity index is 411. The van der Waals surface area contributed by atoms with Crippen molar-refractivity contribution in [2.45, 2.75) is 17.9 Å². The summed E-state index contributed by atoms with van der Waals surface area (Å²) in [5.41, 5.74) is 0. The first-order valence-electron chi connectivity index (χ1n) is 5.81. The van der Waals surface area contributed by atoms with Crippen molar-refractivity contribution in [3.63, 3.8) is 0 Å². The summed E-state index contributed by atoms with van der Waals surface area (Å²) in [7, 11) is 0. The zero-order valence-corrected chi connectivity index (χ0v) is 11.6. The van der Waals surface area contributed by atoms with E-state index in [0.717, 1.165) is 12.3 Å². The normalized spacial score (nSPS) is 12.5. The molecular weight excluding hydrogens is 246 g/mol. The van der Waals surface area contributed by atoms with Gasteiger partial charge in [0.2, 0.25) is 0 Å². The first kappa shape index (κ1) is 12.7. The second-order valence-electron chi connectivity index (χ2n) is 3.85. The van der Waals surface area contributed by atoms with Gasteiger partial charge in [-0.05, 0) is 30.5 Å². The SMILES string of the molecule is CC(NCCSc1ccccc1)c1cccs1. The zero-order chi connectivity index (χ0) is 11.9. The number of benzene rings is 1. The minimum Gasteiger partial charge on any atom is -0.309 e. The molecule has 2 rings (SSSR count). The summed E-state index contributed by atoms with van der Waals surface area (Å²) in [6.45, 7) is 3.26. The van der Waals surface area contributed by atoms with E-state index in [4.69, 9.17) is 0 Å². The average Bonchev–Trinajstić information content (AvgIpc) is 2.89. The van der Waals surface area contributed by atoms with Crippen LogP contribution < -0.4 is 5.32 Å². The summed E-state index contributed by atoms with van der Waals surface area (Å²) in [6.07, 6.45) is 0. The molecule has 0 aliphatic rings. The highest BCUT2D eigenvalue weighted by atomic mass is 32.2. The van der Waals surface area contributed by atoms with E-state index in [0.29, 0.717) is 6.04 Å². The van der Waals surface area contributed by atoms with Crippen molar-refractivity contribution in [2.75, 3.05) is 12.3 Å². The molecular formula is C14H17NS2. The maximum Gasteiger partial charge on any atom is 0.0386 e. The number of rotatable bonds is 6. The molecule has 0 radical (unpaired) electrons. The molecule has 1 N–H and O–H groups in total. The lowest BCUT2D eigenvalue weighted by Crippen LogP contribution is -2.20. The summed E-state index contributed by atoms with van der Waals surface area (Å²) in [4.78, 5) is 2.76. The van der Waals surface area contributed by atoms with Crippen LogP contribution in [-0.2, 0) is 0 Å². The molecule has 0 saturated carbocycles. The molecule has 17 heavy (non-hydrogen) atoms. The van der Waals surface area contributed by atoms with Crippen molar-refractivity contribution in [3.8, 4) is 0 Å². The Kier molecular flexibility index (Phi) is 5.10. The highest BCUT2D eigenvalue weighted by Crippen LogP contribution is 2.19. The lowest BCUT2D eigenvalue weighted by atomic mass is 10.3. The smallest absolute Gasteiger partial charge is 0.0386 e. The second-order valence-corrected chi connectivity index (χ2v) is 6.00. The van der Waals surface area contributed by atoms with Gasteiger partial charge in [-0.15, -0.1) is 23.1 Å². The highest BCUT2D eigenvalue weighted by Gasteiger charge is 2.04. The minimum absolute atomic E-state index is 0.464. The van der Waals surface area contributed by atoms with Crippen LogP contribution >= 0.6 is 23.1 Å². The molecule has 0 aliphatic carbocycles. The average molecular weight is 263 g/mol. The van der Waals surface area contributed by atoms with Crippen LogP contribution in [0, 0.1) is 0 Å². The summed E-state index contributed by atoms with van der Waals surface area (Å²) < 4.78 is 0. The van der Waals surface area contributed by atoms with Crippen molar-refractivity contribution in [1.82, 2.24) is 5.32 Å². The van der Waals surface area contributed by atoms with Crippen molar-refractivity contribution in [3.05, 3.63) is 52.7 Å². The standard InChI is InChI=1S/C14H17NS2/c1-12(14-8-5-10-17-14)15-9-11-16-13-6-3-2-4-7-13/h2-8,10,12,15H,9,11H2,1H3. The van der Waals surface area contributed by atoms with E-state index in [1.54, 1.807) is 0 Å². The summed E-state index contributed by atoms with van der Waals surface area (Å²) in [5.74, 6) is 1.11. The van der Waals surface area contributed by atoms with Gasteiger partial charge >= 0.3 is 0 Å². The monoisotopic (exact) mass is 263 g/mol. The summed E-state index contributed by atoms with van der Waals surface area (Å²) in [6, 6.07) is 15.3. The molecule has 1 aromatic carbocycles. The van der Waals surface area contributed by atoms with Gasteiger partial charge in [0.1, 0.15) is 0 Å². The molecule has 0 spiro atoms. The first-order valence-corrected chi connectivity index (χ1v) is 7.67. The molecule has 0 aliphatic heterocycles. The van der Waals surface area contributed by atoms with Crippen LogP contribution in [0.4, 0.5) is 0 Å². The fourth-order valence-electron chi connectivity index (χ4n) is 1.60. The molecule has 0 saturated heterocycles. The first-order chi connectivity index (χ1) is 8.36. The third-order valence-electron chi connectivity index (χ3n) is 2.53. The summed E-state index contributed by atoms with van der Waals surface area (Å²) in [5, 5.41) is 5.68. The Balaban J connectivity index is 1.67. The van der Waals surface area contributed by atoms with Crippen molar-refractivity contribution in [2.24, 2.45) is 0 Å². The number of hydrogen-bond acceptors (Lipinski definition) is 3. The molecule has 1 aromatic heterocycles. The van der Waals surface area contributed by atoms with E-state index in [1.165, 1.54) is 9.77 Å². The number of thioether (sulfide) groups is 1. The molecule has 3 heteroatoms. The Morgan fingerprint density at radius 3 is 2.71 bits per heavy atom. The van der Waals surface area contributed by atoms with Crippen LogP contribution in [0.2, 0.25) is 0 Å². The molecule has 1 atom stereocenters. The Morgan fingerprint density at radius 1 is 1.18 bits per heavy atom. The Labute approximate surface area is 111 Å². The lowest BCUT2D eigenvalue weighted by molar-refractivity contribution is 0.610. The van der Waals surface area contributed by atoms with E-state index in [-0.39, 0.29) is 0 Å². The third-order valence-corrected chi connectivity index (χ3v) is 4.60. The maximum atomic E-state index is 3.54. The van der Waals surface area contributed by atoms with E-state index in [2.05, 4.69) is 60.1 Å². The largest absolute Gasteiger partial charge is 0.309 e. The fourth-order valence-corrected chi connectivity index (χ4v) is 3.16. The predicted octanol–water partition coefficient (Wildman–Crippen LogP) is 4.19. The van der Waals surface area contributed by atoms with Crippen LogP contribution in [0.5, 0.6) is 0 Å². The Hall–Kier alpha value is -0.770. The topological polar surface area (TPSA) is 12.0 Å². The third kappa shape index (κ3) is 4.19. The number of hydrogen-bond donors (Lipinski definition) is 1. The molecule has 1 nitrogen and oxygen atoms in total. The fraction of sp³-hybridized carbons (Fsp3) is 0.286. The van der Waals surface area contributed by atoms with Gasteiger partial charge in [-0.25, -0.2) is 0 Å². The molecule has 0 fully saturated rings. The maximum absolute atomic E-state index is 3.54. The van der Waals surface area contributed by atoms with Gasteiger partial charge < -0.3 is 5.32 Å². The van der Waals surface area contributed by atoms with Crippen LogP contribution in [-0.4, -0.2) is 12.3 Å². The van der Waals surface area contributed by atoms with Crippen molar-refractivity contribution in [1.29, 1.82) is 0 Å². The molecule has 0 amide bonds. The van der Waals surface area contributed by atoms with E-state index in [9.17, 15) is 0 Å². The Morgan fingerprint density at radius 2 is 2.00 bits per heavy atom. The minimum atomic E-state index is 0.464. The van der Waals surface area contributed by atoms with E-state index < -0.39 is 0 Å². The van der Waals surface area contributed by atoms with E-state index >= 15 is 0 Å². The molecule has 90 valence electrons. The van der Waals surface area contributed by atoms with Crippen LogP contribution in [0.3, 0.4) is 0 Å². The van der Waals surface area contributed by atoms with Crippen LogP contribution in [0.1, 0.15) is 17.8 Å². The highest BCUT2D eigenvalue weighted by molar-refractivity contribution is 7.99. The molecule has 1 unspecified atom stereocenters. The van der Waals surface area contributed by atoms with Crippen LogP contribution in [0.15, 0.2) is 52.7 Å². The number of thiophene rings is 1. The van der Waals surface area contributed by atoms with Gasteiger partial charge in [0.15, 0.2) is 0 Å². The van der Waals surface area contributed by atoms with Gasteiger partial charge in [-0.1, -0.05) is 24.3 Å². The van der Waals surface area contributed by atoms with Gasteiger partial charge in [0.25, 0.3) is 0 Å². The van der Waals surface area contributed by atoms with Gasteiger partial charge in [-0.2, -0.15) is 0 Å². The van der Waals surface area contributed by atoms with E-state index in [1.807, 2.05) is 23.1 Å². The second kappa shape index (κ2) is 6.84. The molecule has 1 heterocycles. The van der Waals surface area contributed by atoms with Gasteiger partial charge in [0.05, 0.1) is 0 Å². The van der Waals surface area contributed by atoms with Crippen molar-refractivity contribution < 1.29 is 0 Å². The van der Waals surface area contributed by atoms with Gasteiger partial charge in [-0.3, -0.25) is 0 Å². The molecule has 2 aromatic rings. The van der Waals surface area contributed by atoms with Crippen LogP contribution in [0.25, 0.3) is 0 Å². The summed E-state index contributed by atoms with van der Waals surface area (Å²) >= 11 is 3.72. The quantitative estimate of drug-likeness (QED) is 0.619. The zero-order valence-electron chi connectivity index (χ0n) is 9.93. The molecule has 0 bridgehead atoms. The van der Waals surface area contributed by atoms with Gasteiger partial charge in [0, 0.05) is 28.1 Å². The predicted molar refractivity (Wildman–Crippen MR) is 77.9 cm³/mol. The number of nitrogens with one attached hydrogen (secondary N) is 1. The van der Waals surface area contributed by atoms with Crippen molar-refractivity contribution >= 4 is 23.1 Å².